The van der Waals surface area contributed by atoms with Crippen molar-refractivity contribution in [3.05, 3.63) is 114 Å². The Hall–Kier alpha value is -6.21. The highest BCUT2D eigenvalue weighted by Gasteiger charge is 2.32. The predicted octanol–water partition coefficient (Wildman–Crippen LogP) is 8.75. The van der Waals surface area contributed by atoms with Crippen LogP contribution in [0.15, 0.2) is 91.1 Å². The molecule has 322 valence electrons. The quantitative estimate of drug-likeness (QED) is 0.0728. The van der Waals surface area contributed by atoms with Gasteiger partial charge in [0, 0.05) is 62.2 Å². The minimum atomic E-state index is -0.985. The third kappa shape index (κ3) is 10.9. The largest absolute Gasteiger partial charge is 0.467 e. The first-order valence-corrected chi connectivity index (χ1v) is 20.8. The zero-order chi connectivity index (χ0) is 43.7. The normalized spacial score (nSPS) is 15.2. The number of benzene rings is 3. The number of nitrogens with one attached hydrogen (secondary N) is 1. The summed E-state index contributed by atoms with van der Waals surface area (Å²) in [6.07, 6.45) is 1.90. The number of amides is 2. The predicted molar refractivity (Wildman–Crippen MR) is 232 cm³/mol. The number of rotatable bonds is 16. The zero-order valence-electron chi connectivity index (χ0n) is 35.8. The first-order valence-electron chi connectivity index (χ1n) is 20.8. The number of esters is 2. The molecule has 3 aromatic carbocycles. The number of aromatic nitrogens is 2. The Bertz CT molecular complexity index is 2340. The molecule has 1 fully saturated rings. The molecular formula is C48H56N4O9. The highest BCUT2D eigenvalue weighted by atomic mass is 16.6. The number of methoxy groups -OCH3 is 2. The molecule has 0 radical (unpaired) electrons. The summed E-state index contributed by atoms with van der Waals surface area (Å²) < 4.78 is 24.7. The Labute approximate surface area is 357 Å². The van der Waals surface area contributed by atoms with E-state index in [0.29, 0.717) is 32.5 Å². The molecule has 0 saturated carbocycles. The van der Waals surface area contributed by atoms with Crippen LogP contribution in [-0.4, -0.2) is 82.6 Å². The Morgan fingerprint density at radius 2 is 1.70 bits per heavy atom. The SMILES string of the molecule is CCn1c(-c2cccnc2[C@H](C)OC)c(CC(C)(C)OC(=O)C[C@H]2CCCN(C(=O)O)C2)c2cc(-c3cccc(C[C@H](NC(=O)OCc4ccccc4)C(=O)OC)c3)ccc21. The second-order valence-electron chi connectivity index (χ2n) is 16.2. The topological polar surface area (TPSA) is 159 Å². The molecule has 13 nitrogen and oxygen atoms in total. The van der Waals surface area contributed by atoms with Crippen molar-refractivity contribution in [2.24, 2.45) is 5.92 Å². The van der Waals surface area contributed by atoms with Crippen molar-refractivity contribution in [1.29, 1.82) is 0 Å². The lowest BCUT2D eigenvalue weighted by Crippen LogP contribution is -2.43. The van der Waals surface area contributed by atoms with Crippen molar-refractivity contribution in [3.8, 4) is 22.4 Å². The molecule has 1 aliphatic heterocycles. The molecule has 6 rings (SSSR count). The molecule has 3 heterocycles. The molecule has 2 amide bonds. The third-order valence-corrected chi connectivity index (χ3v) is 11.2. The van der Waals surface area contributed by atoms with E-state index in [0.717, 1.165) is 62.1 Å². The summed E-state index contributed by atoms with van der Waals surface area (Å²) in [4.78, 5) is 57.0. The van der Waals surface area contributed by atoms with Gasteiger partial charge in [0.25, 0.3) is 0 Å². The lowest BCUT2D eigenvalue weighted by atomic mass is 9.91. The van der Waals surface area contributed by atoms with E-state index in [4.69, 9.17) is 23.9 Å². The van der Waals surface area contributed by atoms with Crippen LogP contribution < -0.4 is 5.32 Å². The number of likely N-dealkylation sites (tertiary alicyclic amines) is 1. The molecule has 1 aliphatic rings. The first kappa shape index (κ1) is 44.3. The van der Waals surface area contributed by atoms with Crippen molar-refractivity contribution < 1.29 is 43.2 Å². The van der Waals surface area contributed by atoms with Crippen LogP contribution in [0.5, 0.6) is 0 Å². The van der Waals surface area contributed by atoms with E-state index in [2.05, 4.69) is 35.0 Å². The van der Waals surface area contributed by atoms with Crippen molar-refractivity contribution in [3.63, 3.8) is 0 Å². The Morgan fingerprint density at radius 1 is 0.951 bits per heavy atom. The van der Waals surface area contributed by atoms with Gasteiger partial charge in [-0.1, -0.05) is 60.7 Å². The van der Waals surface area contributed by atoms with E-state index in [1.807, 2.05) is 87.5 Å². The fourth-order valence-corrected chi connectivity index (χ4v) is 8.28. The van der Waals surface area contributed by atoms with E-state index in [1.54, 1.807) is 13.3 Å². The van der Waals surface area contributed by atoms with E-state index < -0.39 is 29.8 Å². The number of carbonyl (C=O) groups excluding carboxylic acids is 3. The van der Waals surface area contributed by atoms with Crippen LogP contribution in [-0.2, 0) is 54.5 Å². The molecule has 0 unspecified atom stereocenters. The average molecular weight is 833 g/mol. The number of carbonyl (C=O) groups is 4. The molecule has 3 atom stereocenters. The van der Waals surface area contributed by atoms with Crippen LogP contribution in [0.1, 0.15) is 75.4 Å². The van der Waals surface area contributed by atoms with Crippen molar-refractivity contribution in [2.75, 3.05) is 27.3 Å². The fourth-order valence-electron chi connectivity index (χ4n) is 8.28. The highest BCUT2D eigenvalue weighted by Crippen LogP contribution is 2.41. The summed E-state index contributed by atoms with van der Waals surface area (Å²) >= 11 is 0. The number of aryl methyl sites for hydroxylation is 1. The van der Waals surface area contributed by atoms with Gasteiger partial charge in [-0.25, -0.2) is 14.4 Å². The Kier molecular flexibility index (Phi) is 14.5. The van der Waals surface area contributed by atoms with Gasteiger partial charge in [0.2, 0.25) is 0 Å². The molecule has 61 heavy (non-hydrogen) atoms. The summed E-state index contributed by atoms with van der Waals surface area (Å²) in [6.45, 7) is 9.37. The maximum atomic E-state index is 13.5. The molecule has 13 heteroatoms. The van der Waals surface area contributed by atoms with Crippen LogP contribution >= 0.6 is 0 Å². The van der Waals surface area contributed by atoms with Crippen LogP contribution in [0.2, 0.25) is 0 Å². The van der Waals surface area contributed by atoms with Crippen molar-refractivity contribution in [2.45, 2.75) is 90.7 Å². The van der Waals surface area contributed by atoms with Gasteiger partial charge in [0.1, 0.15) is 18.2 Å². The summed E-state index contributed by atoms with van der Waals surface area (Å²) in [7, 11) is 2.94. The number of pyridine rings is 1. The van der Waals surface area contributed by atoms with Gasteiger partial charge >= 0.3 is 24.1 Å². The van der Waals surface area contributed by atoms with Crippen LogP contribution in [0.3, 0.4) is 0 Å². The van der Waals surface area contributed by atoms with Gasteiger partial charge in [-0.3, -0.25) is 9.78 Å². The van der Waals surface area contributed by atoms with E-state index >= 15 is 0 Å². The molecule has 1 saturated heterocycles. The highest BCUT2D eigenvalue weighted by molar-refractivity contribution is 5.95. The number of alkyl carbamates (subject to hydrolysis) is 1. The maximum absolute atomic E-state index is 13.5. The molecule has 2 aromatic heterocycles. The molecule has 0 bridgehead atoms. The lowest BCUT2D eigenvalue weighted by molar-refractivity contribution is -0.157. The summed E-state index contributed by atoms with van der Waals surface area (Å²) in [5.41, 5.74) is 7.12. The number of piperidine rings is 1. The monoisotopic (exact) mass is 832 g/mol. The molecule has 0 spiro atoms. The summed E-state index contributed by atoms with van der Waals surface area (Å²) in [6, 6.07) is 26.4. The molecule has 0 aliphatic carbocycles. The van der Waals surface area contributed by atoms with Crippen LogP contribution in [0.4, 0.5) is 9.59 Å². The second kappa shape index (κ2) is 19.9. The van der Waals surface area contributed by atoms with E-state index in [1.165, 1.54) is 12.0 Å². The molecule has 5 aromatic rings. The molecular weight excluding hydrogens is 777 g/mol. The number of hydrogen-bond acceptors (Lipinski definition) is 9. The lowest BCUT2D eigenvalue weighted by Gasteiger charge is -2.31. The van der Waals surface area contributed by atoms with Crippen molar-refractivity contribution in [1.82, 2.24) is 19.8 Å². The van der Waals surface area contributed by atoms with Crippen LogP contribution in [0, 0.1) is 5.92 Å². The number of ether oxygens (including phenoxy) is 4. The summed E-state index contributed by atoms with van der Waals surface area (Å²) in [5, 5.41) is 13.2. The average Bonchev–Trinajstić information content (AvgIpc) is 3.56. The standard InChI is InChI=1S/C48H56N4O9/c1-7-52-41-21-20-36(35-18-11-16-33(24-35)25-40(45(54)59-6)50-46(55)60-30-32-14-9-8-10-15-32)27-38(41)39(44(52)37-19-12-22-49-43(37)31(2)58-5)28-48(3,4)61-42(53)26-34-17-13-23-51(29-34)47(56)57/h8-12,14-16,18-22,24,27,31,34,40H,7,13,17,23,25-26,28-30H2,1-6H3,(H,50,55)(H,56,57)/t31-,34+,40-/m0/s1. The van der Waals surface area contributed by atoms with E-state index in [-0.39, 0.29) is 37.4 Å². The second-order valence-corrected chi connectivity index (χ2v) is 16.2. The smallest absolute Gasteiger partial charge is 0.408 e. The number of fused-ring (bicyclic) bond motifs is 1. The minimum Gasteiger partial charge on any atom is -0.467 e. The van der Waals surface area contributed by atoms with Gasteiger partial charge in [-0.05, 0) is 98.5 Å². The maximum Gasteiger partial charge on any atom is 0.408 e. The zero-order valence-corrected chi connectivity index (χ0v) is 35.8. The third-order valence-electron chi connectivity index (χ3n) is 11.2. The first-order chi connectivity index (χ1) is 29.3. The Morgan fingerprint density at radius 3 is 2.43 bits per heavy atom. The number of hydrogen-bond donors (Lipinski definition) is 2. The fraction of sp³-hybridized carbons (Fsp3) is 0.396. The van der Waals surface area contributed by atoms with Gasteiger partial charge in [-0.2, -0.15) is 0 Å². The minimum absolute atomic E-state index is 0.0586. The molecule has 2 N–H and O–H groups in total. The van der Waals surface area contributed by atoms with Crippen LogP contribution in [0.25, 0.3) is 33.3 Å². The van der Waals surface area contributed by atoms with Crippen molar-refractivity contribution >= 4 is 35.0 Å². The van der Waals surface area contributed by atoms with E-state index in [9.17, 15) is 24.3 Å². The number of nitrogens with zero attached hydrogens (tertiary/aromatic N) is 3. The Balaban J connectivity index is 1.33. The van der Waals surface area contributed by atoms with Gasteiger partial charge in [-0.15, -0.1) is 0 Å². The van der Waals surface area contributed by atoms with Gasteiger partial charge in [0.15, 0.2) is 0 Å². The number of carboxylic acid groups (broad SMARTS) is 1. The van der Waals surface area contributed by atoms with Gasteiger partial charge in [0.05, 0.1) is 31.0 Å². The van der Waals surface area contributed by atoms with Gasteiger partial charge < -0.3 is 38.8 Å². The summed E-state index contributed by atoms with van der Waals surface area (Å²) in [5.74, 6) is -1.06.